The zero-order valence-corrected chi connectivity index (χ0v) is 13.9. The number of hydrogen-bond donors (Lipinski definition) is 2. The molecule has 0 heterocycles. The molecular weight excluding hydrogens is 251 g/mol. The number of hydrogen-bond acceptors (Lipinski definition) is 2. The first kappa shape index (κ1) is 21.4. The first-order valence-corrected chi connectivity index (χ1v) is 7.69. The Bertz CT molecular complexity index is 280. The number of nitrogens with one attached hydrogen (secondary N) is 1. The standard InChI is InChI=1S/C7H7F.C7H15N.C2H6.CH5N/c1-6-3-2-4-7(8)5-6;1-8-7-5-3-2-4-6-7;2*1-2/h2-5H,1H3;7-8H,2-6H2,1H3;1-2H3;2H2,1H3. The Morgan fingerprint density at radius 2 is 1.65 bits per heavy atom. The average molecular weight is 284 g/mol. The Morgan fingerprint density at radius 3 is 1.95 bits per heavy atom. The monoisotopic (exact) mass is 284 g/mol. The van der Waals surface area contributed by atoms with Gasteiger partial charge in [-0.2, -0.15) is 0 Å². The predicted molar refractivity (Wildman–Crippen MR) is 88.5 cm³/mol. The Kier molecular flexibility index (Phi) is 17.2. The predicted octanol–water partition coefficient (Wildman–Crippen LogP) is 4.27. The van der Waals surface area contributed by atoms with Crippen LogP contribution in [0.1, 0.15) is 51.5 Å². The molecule has 1 aliphatic carbocycles. The van der Waals surface area contributed by atoms with Gasteiger partial charge in [0.05, 0.1) is 0 Å². The van der Waals surface area contributed by atoms with Crippen molar-refractivity contribution in [1.82, 2.24) is 5.32 Å². The van der Waals surface area contributed by atoms with Crippen molar-refractivity contribution in [3.63, 3.8) is 0 Å². The van der Waals surface area contributed by atoms with Crippen molar-refractivity contribution >= 4 is 0 Å². The Morgan fingerprint density at radius 1 is 1.10 bits per heavy atom. The average Bonchev–Trinajstić information content (AvgIpc) is 2.52. The molecule has 1 aromatic rings. The minimum absolute atomic E-state index is 0.162. The lowest BCUT2D eigenvalue weighted by Gasteiger charge is -2.20. The summed E-state index contributed by atoms with van der Waals surface area (Å²) in [5.41, 5.74) is 5.46. The molecular formula is C17H33FN2. The van der Waals surface area contributed by atoms with Crippen LogP contribution in [0.25, 0.3) is 0 Å². The second-order valence-corrected chi connectivity index (χ2v) is 4.42. The molecule has 0 aliphatic heterocycles. The molecule has 0 spiro atoms. The van der Waals surface area contributed by atoms with E-state index in [2.05, 4.69) is 18.1 Å². The van der Waals surface area contributed by atoms with Crippen LogP contribution in [0, 0.1) is 12.7 Å². The number of rotatable bonds is 1. The van der Waals surface area contributed by atoms with Crippen molar-refractivity contribution in [3.8, 4) is 0 Å². The molecule has 118 valence electrons. The lowest BCUT2D eigenvalue weighted by molar-refractivity contribution is 0.394. The van der Waals surface area contributed by atoms with E-state index in [1.165, 1.54) is 51.3 Å². The quantitative estimate of drug-likeness (QED) is 0.808. The summed E-state index contributed by atoms with van der Waals surface area (Å²) in [4.78, 5) is 0. The maximum atomic E-state index is 12.2. The molecule has 0 atom stereocenters. The fraction of sp³-hybridized carbons (Fsp3) is 0.647. The molecule has 3 N–H and O–H groups in total. The van der Waals surface area contributed by atoms with Gasteiger partial charge in [-0.1, -0.05) is 45.2 Å². The fourth-order valence-corrected chi connectivity index (χ4v) is 2.00. The van der Waals surface area contributed by atoms with Crippen molar-refractivity contribution in [3.05, 3.63) is 35.6 Å². The lowest BCUT2D eigenvalue weighted by Crippen LogP contribution is -2.26. The highest BCUT2D eigenvalue weighted by Crippen LogP contribution is 2.16. The van der Waals surface area contributed by atoms with Gasteiger partial charge in [0.1, 0.15) is 5.82 Å². The van der Waals surface area contributed by atoms with E-state index in [9.17, 15) is 4.39 Å². The molecule has 1 fully saturated rings. The third-order valence-electron chi connectivity index (χ3n) is 2.99. The maximum Gasteiger partial charge on any atom is 0.123 e. The third kappa shape index (κ3) is 12.1. The molecule has 0 radical (unpaired) electrons. The van der Waals surface area contributed by atoms with Gasteiger partial charge in [0.25, 0.3) is 0 Å². The fourth-order valence-electron chi connectivity index (χ4n) is 2.00. The summed E-state index contributed by atoms with van der Waals surface area (Å²) in [6.07, 6.45) is 7.13. The molecule has 0 unspecified atom stereocenters. The molecule has 1 saturated carbocycles. The van der Waals surface area contributed by atoms with Crippen molar-refractivity contribution in [2.75, 3.05) is 14.1 Å². The first-order chi connectivity index (χ1) is 9.72. The number of nitrogens with two attached hydrogens (primary N) is 1. The van der Waals surface area contributed by atoms with Gasteiger partial charge in [-0.05, 0) is 51.6 Å². The smallest absolute Gasteiger partial charge is 0.123 e. The van der Waals surface area contributed by atoms with E-state index in [0.717, 1.165) is 11.6 Å². The number of halogens is 1. The van der Waals surface area contributed by atoms with Crippen LogP contribution in [0.5, 0.6) is 0 Å². The van der Waals surface area contributed by atoms with E-state index in [4.69, 9.17) is 0 Å². The van der Waals surface area contributed by atoms with Crippen LogP contribution in [-0.2, 0) is 0 Å². The molecule has 3 heteroatoms. The minimum Gasteiger partial charge on any atom is -0.333 e. The summed E-state index contributed by atoms with van der Waals surface area (Å²) >= 11 is 0. The van der Waals surface area contributed by atoms with E-state index in [1.807, 2.05) is 26.8 Å². The van der Waals surface area contributed by atoms with Gasteiger partial charge in [-0.3, -0.25) is 0 Å². The van der Waals surface area contributed by atoms with Gasteiger partial charge in [0.15, 0.2) is 0 Å². The summed E-state index contributed by atoms with van der Waals surface area (Å²) in [5, 5.41) is 3.30. The Balaban J connectivity index is 0. The van der Waals surface area contributed by atoms with Crippen LogP contribution < -0.4 is 11.1 Å². The summed E-state index contributed by atoms with van der Waals surface area (Å²) in [5.74, 6) is -0.162. The van der Waals surface area contributed by atoms with Crippen LogP contribution in [-0.4, -0.2) is 20.1 Å². The highest BCUT2D eigenvalue weighted by atomic mass is 19.1. The molecule has 0 bridgehead atoms. The second kappa shape index (κ2) is 16.1. The van der Waals surface area contributed by atoms with Crippen LogP contribution in [0.4, 0.5) is 4.39 Å². The molecule has 20 heavy (non-hydrogen) atoms. The van der Waals surface area contributed by atoms with E-state index in [0.29, 0.717) is 0 Å². The zero-order valence-electron chi connectivity index (χ0n) is 13.9. The lowest BCUT2D eigenvalue weighted by atomic mass is 9.96. The van der Waals surface area contributed by atoms with Gasteiger partial charge in [0, 0.05) is 6.04 Å². The molecule has 0 amide bonds. The highest BCUT2D eigenvalue weighted by molar-refractivity contribution is 5.13. The molecule has 0 saturated heterocycles. The highest BCUT2D eigenvalue weighted by Gasteiger charge is 2.09. The first-order valence-electron chi connectivity index (χ1n) is 7.69. The van der Waals surface area contributed by atoms with Crippen LogP contribution in [0.3, 0.4) is 0 Å². The summed E-state index contributed by atoms with van der Waals surface area (Å²) < 4.78 is 12.2. The van der Waals surface area contributed by atoms with Crippen molar-refractivity contribution in [2.24, 2.45) is 5.73 Å². The Hall–Kier alpha value is -0.930. The van der Waals surface area contributed by atoms with Crippen molar-refractivity contribution < 1.29 is 4.39 Å². The van der Waals surface area contributed by atoms with Crippen molar-refractivity contribution in [1.29, 1.82) is 0 Å². The summed E-state index contributed by atoms with van der Waals surface area (Å²) in [6, 6.07) is 7.34. The van der Waals surface area contributed by atoms with E-state index >= 15 is 0 Å². The second-order valence-electron chi connectivity index (χ2n) is 4.42. The molecule has 0 aromatic heterocycles. The topological polar surface area (TPSA) is 38.0 Å². The van der Waals surface area contributed by atoms with Crippen LogP contribution >= 0.6 is 0 Å². The molecule has 2 rings (SSSR count). The van der Waals surface area contributed by atoms with E-state index < -0.39 is 0 Å². The number of benzene rings is 1. The van der Waals surface area contributed by atoms with E-state index in [1.54, 1.807) is 6.07 Å². The number of aryl methyl sites for hydroxylation is 1. The normalized spacial score (nSPS) is 13.8. The maximum absolute atomic E-state index is 12.2. The van der Waals surface area contributed by atoms with Gasteiger partial charge in [0.2, 0.25) is 0 Å². The summed E-state index contributed by atoms with van der Waals surface area (Å²) in [7, 11) is 3.57. The van der Waals surface area contributed by atoms with Crippen LogP contribution in [0.15, 0.2) is 24.3 Å². The molecule has 1 aliphatic rings. The zero-order chi connectivity index (χ0) is 15.8. The Labute approximate surface area is 125 Å². The molecule has 2 nitrogen and oxygen atoms in total. The largest absolute Gasteiger partial charge is 0.333 e. The van der Waals surface area contributed by atoms with E-state index in [-0.39, 0.29) is 5.82 Å². The third-order valence-corrected chi connectivity index (χ3v) is 2.99. The van der Waals surface area contributed by atoms with Gasteiger partial charge >= 0.3 is 0 Å². The molecule has 1 aromatic carbocycles. The van der Waals surface area contributed by atoms with Crippen molar-refractivity contribution in [2.45, 2.75) is 58.9 Å². The SMILES string of the molecule is CC.CN.CNC1CCCCC1.Cc1cccc(F)c1. The summed E-state index contributed by atoms with van der Waals surface area (Å²) in [6.45, 7) is 5.86. The van der Waals surface area contributed by atoms with Gasteiger partial charge < -0.3 is 11.1 Å². The minimum atomic E-state index is -0.162. The van der Waals surface area contributed by atoms with Crippen LogP contribution in [0.2, 0.25) is 0 Å². The van der Waals surface area contributed by atoms with Gasteiger partial charge in [-0.15, -0.1) is 0 Å². The van der Waals surface area contributed by atoms with Gasteiger partial charge in [-0.25, -0.2) is 4.39 Å².